The van der Waals surface area contributed by atoms with Crippen LogP contribution in [0.5, 0.6) is 0 Å². The van der Waals surface area contributed by atoms with E-state index in [1.54, 1.807) is 11.4 Å². The molecule has 2 saturated heterocycles. The molecule has 0 bridgehead atoms. The van der Waals surface area contributed by atoms with Gasteiger partial charge in [0, 0.05) is 48.5 Å². The maximum Gasteiger partial charge on any atom is 0.471 e. The van der Waals surface area contributed by atoms with Crippen LogP contribution in [0, 0.1) is 0 Å². The molecule has 2 aliphatic rings. The number of nitrogens with zero attached hydrogens (tertiary/aromatic N) is 3. The lowest BCUT2D eigenvalue weighted by Gasteiger charge is -2.31. The van der Waals surface area contributed by atoms with Gasteiger partial charge < -0.3 is 15.1 Å². The molecule has 1 aromatic carbocycles. The van der Waals surface area contributed by atoms with Crippen molar-refractivity contribution >= 4 is 40.7 Å². The molecule has 0 saturated carbocycles. The van der Waals surface area contributed by atoms with Crippen molar-refractivity contribution < 1.29 is 27.6 Å². The molecule has 1 unspecified atom stereocenters. The average Bonchev–Trinajstić information content (AvgIpc) is 3.50. The second kappa shape index (κ2) is 10.5. The first kappa shape index (κ1) is 25.4. The summed E-state index contributed by atoms with van der Waals surface area (Å²) in [5.74, 6) is -2.20. The minimum absolute atomic E-state index is 0.0133. The number of carbonyl (C=O) groups excluding carboxylic acids is 3. The van der Waals surface area contributed by atoms with Crippen LogP contribution < -0.4 is 5.32 Å². The first-order valence-corrected chi connectivity index (χ1v) is 12.5. The second-order valence-corrected chi connectivity index (χ2v) is 10.00. The number of carbonyl (C=O) groups is 3. The Morgan fingerprint density at radius 3 is 2.46 bits per heavy atom. The van der Waals surface area contributed by atoms with Crippen LogP contribution in [0.3, 0.4) is 0 Å². The number of alkyl halides is 3. The summed E-state index contributed by atoms with van der Waals surface area (Å²) >= 11 is 7.54. The number of thiazole rings is 1. The van der Waals surface area contributed by atoms with Crippen molar-refractivity contribution in [3.63, 3.8) is 0 Å². The molecule has 4 rings (SSSR count). The summed E-state index contributed by atoms with van der Waals surface area (Å²) in [7, 11) is 0. The van der Waals surface area contributed by atoms with Crippen LogP contribution in [-0.4, -0.2) is 70.9 Å². The fourth-order valence-electron chi connectivity index (χ4n) is 4.36. The summed E-state index contributed by atoms with van der Waals surface area (Å²) in [5.41, 5.74) is 1.05. The highest BCUT2D eigenvalue weighted by atomic mass is 35.5. The van der Waals surface area contributed by atoms with Crippen LogP contribution >= 0.6 is 22.9 Å². The van der Waals surface area contributed by atoms with Gasteiger partial charge in [-0.25, -0.2) is 4.98 Å². The Hall–Kier alpha value is -2.66. The molecular weight excluding hydrogens is 505 g/mol. The number of piperidine rings is 1. The zero-order valence-corrected chi connectivity index (χ0v) is 20.3. The summed E-state index contributed by atoms with van der Waals surface area (Å²) in [5, 5.41) is 4.97. The molecule has 2 aromatic rings. The highest BCUT2D eigenvalue weighted by Gasteiger charge is 2.41. The molecule has 7 nitrogen and oxygen atoms in total. The third-order valence-electron chi connectivity index (χ3n) is 6.31. The van der Waals surface area contributed by atoms with E-state index in [0.717, 1.165) is 23.4 Å². The molecule has 0 spiro atoms. The Balaban J connectivity index is 1.28. The van der Waals surface area contributed by atoms with Gasteiger partial charge in [-0.05, 0) is 30.9 Å². The maximum absolute atomic E-state index is 12.8. The van der Waals surface area contributed by atoms with E-state index < -0.39 is 18.1 Å². The Morgan fingerprint density at radius 1 is 1.09 bits per heavy atom. The van der Waals surface area contributed by atoms with E-state index >= 15 is 0 Å². The molecule has 12 heteroatoms. The van der Waals surface area contributed by atoms with Crippen molar-refractivity contribution in [1.82, 2.24) is 20.1 Å². The Morgan fingerprint density at radius 2 is 1.77 bits per heavy atom. The molecule has 188 valence electrons. The standard InChI is InChI=1S/C23H24ClF3N4O3S/c24-17-4-2-1-3-15(17)11-19(32)30-8-5-14(6-9-30)20-29-18(13-35-20)21(33)31-10-7-16(12-31)28-22(34)23(25,26)27/h1-4,13-14,16H,5-12H2,(H,28,34). The molecule has 35 heavy (non-hydrogen) atoms. The fraction of sp³-hybridized carbons (Fsp3) is 0.478. The molecule has 0 aliphatic carbocycles. The number of hydrogen-bond acceptors (Lipinski definition) is 5. The van der Waals surface area contributed by atoms with E-state index in [2.05, 4.69) is 4.98 Å². The number of hydrogen-bond donors (Lipinski definition) is 1. The van der Waals surface area contributed by atoms with E-state index in [4.69, 9.17) is 11.6 Å². The number of rotatable bonds is 5. The molecule has 2 fully saturated rings. The zero-order valence-electron chi connectivity index (χ0n) is 18.7. The van der Waals surface area contributed by atoms with Crippen molar-refractivity contribution in [2.75, 3.05) is 26.2 Å². The lowest BCUT2D eigenvalue weighted by Crippen LogP contribution is -2.44. The highest BCUT2D eigenvalue weighted by molar-refractivity contribution is 7.09. The lowest BCUT2D eigenvalue weighted by atomic mass is 9.97. The SMILES string of the molecule is O=C(Cc1ccccc1Cl)N1CCC(c2nc(C(=O)N3CCC(NC(=O)C(F)(F)F)C3)cs2)CC1. The maximum atomic E-state index is 12.8. The van der Waals surface area contributed by atoms with E-state index in [0.29, 0.717) is 18.1 Å². The van der Waals surface area contributed by atoms with Gasteiger partial charge in [0.15, 0.2) is 0 Å². The molecule has 3 heterocycles. The largest absolute Gasteiger partial charge is 0.471 e. The van der Waals surface area contributed by atoms with Crippen LogP contribution in [-0.2, 0) is 16.0 Å². The number of aromatic nitrogens is 1. The lowest BCUT2D eigenvalue weighted by molar-refractivity contribution is -0.174. The van der Waals surface area contributed by atoms with Gasteiger partial charge in [0.05, 0.1) is 11.4 Å². The first-order valence-electron chi connectivity index (χ1n) is 11.3. The Kier molecular flexibility index (Phi) is 7.65. The molecule has 0 radical (unpaired) electrons. The minimum atomic E-state index is -4.95. The average molecular weight is 529 g/mol. The van der Waals surface area contributed by atoms with Gasteiger partial charge in [0.1, 0.15) is 5.69 Å². The number of nitrogens with one attached hydrogen (secondary N) is 1. The summed E-state index contributed by atoms with van der Waals surface area (Å²) in [6.07, 6.45) is -2.99. The van der Waals surface area contributed by atoms with Gasteiger partial charge in [-0.1, -0.05) is 29.8 Å². The van der Waals surface area contributed by atoms with Gasteiger partial charge >= 0.3 is 12.1 Å². The minimum Gasteiger partial charge on any atom is -0.344 e. The number of amides is 3. The van der Waals surface area contributed by atoms with Gasteiger partial charge in [-0.2, -0.15) is 13.2 Å². The van der Waals surface area contributed by atoms with Crippen LogP contribution in [0.25, 0.3) is 0 Å². The summed E-state index contributed by atoms with van der Waals surface area (Å²) in [6.45, 7) is 1.44. The van der Waals surface area contributed by atoms with Crippen molar-refractivity contribution in [3.8, 4) is 0 Å². The third-order valence-corrected chi connectivity index (χ3v) is 7.68. The van der Waals surface area contributed by atoms with Crippen LogP contribution in [0.4, 0.5) is 13.2 Å². The van der Waals surface area contributed by atoms with Crippen molar-refractivity contribution in [1.29, 1.82) is 0 Å². The second-order valence-electron chi connectivity index (χ2n) is 8.70. The van der Waals surface area contributed by atoms with Crippen LogP contribution in [0.2, 0.25) is 5.02 Å². The monoisotopic (exact) mass is 528 g/mol. The van der Waals surface area contributed by atoms with E-state index in [1.807, 2.05) is 28.4 Å². The van der Waals surface area contributed by atoms with Crippen molar-refractivity contribution in [2.45, 2.75) is 43.8 Å². The third kappa shape index (κ3) is 6.13. The summed E-state index contributed by atoms with van der Waals surface area (Å²) in [6, 6.07) is 6.54. The fourth-order valence-corrected chi connectivity index (χ4v) is 5.53. The smallest absolute Gasteiger partial charge is 0.344 e. The molecule has 1 N–H and O–H groups in total. The van der Waals surface area contributed by atoms with Crippen LogP contribution in [0.15, 0.2) is 29.6 Å². The molecule has 2 aliphatic heterocycles. The van der Waals surface area contributed by atoms with Gasteiger partial charge in [0.2, 0.25) is 5.91 Å². The number of halogens is 4. The number of benzene rings is 1. The van der Waals surface area contributed by atoms with E-state index in [9.17, 15) is 27.6 Å². The summed E-state index contributed by atoms with van der Waals surface area (Å²) in [4.78, 5) is 44.3. The molecule has 1 aromatic heterocycles. The normalized spacial score (nSPS) is 19.1. The molecule has 3 amide bonds. The van der Waals surface area contributed by atoms with Crippen LogP contribution in [0.1, 0.15) is 46.2 Å². The zero-order chi connectivity index (χ0) is 25.2. The summed E-state index contributed by atoms with van der Waals surface area (Å²) < 4.78 is 37.4. The van der Waals surface area contributed by atoms with Gasteiger partial charge in [0.25, 0.3) is 5.91 Å². The quantitative estimate of drug-likeness (QED) is 0.642. The first-order chi connectivity index (χ1) is 16.6. The predicted octanol–water partition coefficient (Wildman–Crippen LogP) is 3.64. The van der Waals surface area contributed by atoms with Gasteiger partial charge in [-0.3, -0.25) is 14.4 Å². The molecule has 1 atom stereocenters. The molecular formula is C23H24ClF3N4O3S. The van der Waals surface area contributed by atoms with Crippen molar-refractivity contribution in [2.24, 2.45) is 0 Å². The van der Waals surface area contributed by atoms with Gasteiger partial charge in [-0.15, -0.1) is 11.3 Å². The topological polar surface area (TPSA) is 82.6 Å². The van der Waals surface area contributed by atoms with E-state index in [-0.39, 0.29) is 49.4 Å². The predicted molar refractivity (Wildman–Crippen MR) is 124 cm³/mol. The Bertz CT molecular complexity index is 1100. The highest BCUT2D eigenvalue weighted by Crippen LogP contribution is 2.31. The van der Waals surface area contributed by atoms with Crippen molar-refractivity contribution in [3.05, 3.63) is 50.9 Å². The van der Waals surface area contributed by atoms with E-state index in [1.165, 1.54) is 16.2 Å². The Labute approximate surface area is 209 Å². The number of likely N-dealkylation sites (tertiary alicyclic amines) is 2.